The van der Waals surface area contributed by atoms with Crippen LogP contribution in [0.3, 0.4) is 0 Å². The molecule has 0 unspecified atom stereocenters. The van der Waals surface area contributed by atoms with Crippen LogP contribution < -0.4 is 10.5 Å². The Balaban J connectivity index is 1.94. The average molecular weight is 376 g/mol. The van der Waals surface area contributed by atoms with Crippen LogP contribution in [-0.4, -0.2) is 23.9 Å². The molecule has 0 saturated heterocycles. The van der Waals surface area contributed by atoms with E-state index in [0.717, 1.165) is 0 Å². The minimum absolute atomic E-state index is 0.0515. The van der Waals surface area contributed by atoms with Crippen molar-refractivity contribution in [2.45, 2.75) is 31.1 Å². The van der Waals surface area contributed by atoms with Gasteiger partial charge in [-0.05, 0) is 24.3 Å². The topological polar surface area (TPSA) is 120 Å². The van der Waals surface area contributed by atoms with Gasteiger partial charge in [0, 0.05) is 18.7 Å². The number of nitrogens with two attached hydrogens (primary N) is 1. The number of benzene rings is 1. The normalized spacial score (nSPS) is 12.5. The van der Waals surface area contributed by atoms with Gasteiger partial charge in [-0.25, -0.2) is 13.4 Å². The predicted octanol–water partition coefficient (Wildman–Crippen LogP) is 2.36. The summed E-state index contributed by atoms with van der Waals surface area (Å²) in [7, 11) is -2.33. The Hall–Kier alpha value is -2.81. The molecule has 8 nitrogen and oxygen atoms in total. The standard InChI is InChI=1S/C17H20N4O4S/c1-17(2,3)16-19-12-7-10(5-6-14(12)25-16)20-26(23,24)11-8-13(15(18)22)21(4)9-11/h5-9,20H,1-4H3,(H2,18,22). The van der Waals surface area contributed by atoms with Crippen LogP contribution in [0.4, 0.5) is 5.69 Å². The van der Waals surface area contributed by atoms with Crippen molar-refractivity contribution < 1.29 is 17.6 Å². The maximum absolute atomic E-state index is 12.6. The maximum Gasteiger partial charge on any atom is 0.265 e. The van der Waals surface area contributed by atoms with Gasteiger partial charge in [-0.2, -0.15) is 0 Å². The molecule has 0 atom stereocenters. The molecule has 0 radical (unpaired) electrons. The number of fused-ring (bicyclic) bond motifs is 1. The number of aryl methyl sites for hydroxylation is 1. The van der Waals surface area contributed by atoms with Gasteiger partial charge in [0.25, 0.3) is 15.9 Å². The number of amides is 1. The molecular formula is C17H20N4O4S. The molecular weight excluding hydrogens is 356 g/mol. The molecule has 0 spiro atoms. The first-order valence-electron chi connectivity index (χ1n) is 7.87. The van der Waals surface area contributed by atoms with E-state index in [1.807, 2.05) is 20.8 Å². The molecule has 138 valence electrons. The van der Waals surface area contributed by atoms with Gasteiger partial charge in [0.1, 0.15) is 16.1 Å². The highest BCUT2D eigenvalue weighted by molar-refractivity contribution is 7.92. The molecule has 0 aliphatic carbocycles. The molecule has 2 aromatic heterocycles. The highest BCUT2D eigenvalue weighted by Gasteiger charge is 2.22. The van der Waals surface area contributed by atoms with Crippen LogP contribution in [0.2, 0.25) is 0 Å². The number of nitrogens with one attached hydrogen (secondary N) is 1. The smallest absolute Gasteiger partial charge is 0.265 e. The highest BCUT2D eigenvalue weighted by atomic mass is 32.2. The fourth-order valence-corrected chi connectivity index (χ4v) is 3.57. The number of anilines is 1. The third-order valence-corrected chi connectivity index (χ3v) is 5.17. The van der Waals surface area contributed by atoms with Gasteiger partial charge >= 0.3 is 0 Å². The zero-order valence-electron chi connectivity index (χ0n) is 14.9. The molecule has 3 N–H and O–H groups in total. The van der Waals surface area contributed by atoms with Gasteiger partial charge in [-0.15, -0.1) is 0 Å². The zero-order chi connectivity index (χ0) is 19.3. The lowest BCUT2D eigenvalue weighted by atomic mass is 9.97. The van der Waals surface area contributed by atoms with E-state index in [0.29, 0.717) is 22.7 Å². The van der Waals surface area contributed by atoms with E-state index in [2.05, 4.69) is 9.71 Å². The van der Waals surface area contributed by atoms with Crippen LogP contribution in [0.5, 0.6) is 0 Å². The van der Waals surface area contributed by atoms with Crippen molar-refractivity contribution in [3.05, 3.63) is 42.0 Å². The summed E-state index contributed by atoms with van der Waals surface area (Å²) in [5.41, 5.74) is 6.55. The zero-order valence-corrected chi connectivity index (χ0v) is 15.7. The number of sulfonamides is 1. The summed E-state index contributed by atoms with van der Waals surface area (Å²) in [5, 5.41) is 0. The number of oxazole rings is 1. The van der Waals surface area contributed by atoms with Crippen LogP contribution in [0.1, 0.15) is 37.2 Å². The number of rotatable bonds is 4. The molecule has 0 bridgehead atoms. The number of carbonyl (C=O) groups is 1. The summed E-state index contributed by atoms with van der Waals surface area (Å²) in [5.74, 6) is -0.130. The van der Waals surface area contributed by atoms with Gasteiger partial charge in [-0.1, -0.05) is 20.8 Å². The molecule has 2 heterocycles. The highest BCUT2D eigenvalue weighted by Crippen LogP contribution is 2.28. The minimum Gasteiger partial charge on any atom is -0.440 e. The Morgan fingerprint density at radius 1 is 1.27 bits per heavy atom. The van der Waals surface area contributed by atoms with Crippen molar-refractivity contribution in [1.29, 1.82) is 0 Å². The Kier molecular flexibility index (Phi) is 4.06. The molecule has 26 heavy (non-hydrogen) atoms. The van der Waals surface area contributed by atoms with Crippen molar-refractivity contribution in [3.63, 3.8) is 0 Å². The fraction of sp³-hybridized carbons (Fsp3) is 0.294. The van der Waals surface area contributed by atoms with Gasteiger partial charge in [0.05, 0.1) is 5.69 Å². The minimum atomic E-state index is -3.88. The lowest BCUT2D eigenvalue weighted by Crippen LogP contribution is -2.14. The van der Waals surface area contributed by atoms with Crippen molar-refractivity contribution in [1.82, 2.24) is 9.55 Å². The molecule has 1 amide bonds. The van der Waals surface area contributed by atoms with Crippen molar-refractivity contribution >= 4 is 32.7 Å². The van der Waals surface area contributed by atoms with Crippen LogP contribution in [0, 0.1) is 0 Å². The molecule has 0 fully saturated rings. The maximum atomic E-state index is 12.6. The Morgan fingerprint density at radius 3 is 2.54 bits per heavy atom. The number of carbonyl (C=O) groups excluding carboxylic acids is 1. The van der Waals surface area contributed by atoms with Gasteiger partial charge in [0.15, 0.2) is 5.58 Å². The lowest BCUT2D eigenvalue weighted by Gasteiger charge is -2.11. The SMILES string of the molecule is Cn1cc(S(=O)(=O)Nc2ccc3oc(C(C)(C)C)nc3c2)cc1C(N)=O. The van der Waals surface area contributed by atoms with Crippen LogP contribution >= 0.6 is 0 Å². The first kappa shape index (κ1) is 18.0. The summed E-state index contributed by atoms with van der Waals surface area (Å²) in [6, 6.07) is 6.09. The third-order valence-electron chi connectivity index (χ3n) is 3.82. The fourth-order valence-electron chi connectivity index (χ4n) is 2.45. The van der Waals surface area contributed by atoms with E-state index < -0.39 is 15.9 Å². The summed E-state index contributed by atoms with van der Waals surface area (Å²) in [6.45, 7) is 5.94. The summed E-state index contributed by atoms with van der Waals surface area (Å²) in [4.78, 5) is 15.7. The van der Waals surface area contributed by atoms with Crippen LogP contribution in [0.25, 0.3) is 11.1 Å². The molecule has 0 aliphatic heterocycles. The summed E-state index contributed by atoms with van der Waals surface area (Å²) >= 11 is 0. The van der Waals surface area contributed by atoms with E-state index in [-0.39, 0.29) is 16.0 Å². The quantitative estimate of drug-likeness (QED) is 0.724. The van der Waals surface area contributed by atoms with E-state index in [1.54, 1.807) is 25.2 Å². The van der Waals surface area contributed by atoms with Crippen LogP contribution in [0.15, 0.2) is 39.8 Å². The van der Waals surface area contributed by atoms with Crippen molar-refractivity contribution in [2.75, 3.05) is 4.72 Å². The molecule has 9 heteroatoms. The van der Waals surface area contributed by atoms with Gasteiger partial charge < -0.3 is 14.7 Å². The molecule has 0 saturated carbocycles. The largest absolute Gasteiger partial charge is 0.440 e. The average Bonchev–Trinajstić information content (AvgIpc) is 3.09. The molecule has 1 aromatic carbocycles. The van der Waals surface area contributed by atoms with Gasteiger partial charge in [-0.3, -0.25) is 9.52 Å². The van der Waals surface area contributed by atoms with E-state index >= 15 is 0 Å². The summed E-state index contributed by atoms with van der Waals surface area (Å²) < 4.78 is 34.7. The van der Waals surface area contributed by atoms with Gasteiger partial charge in [0.2, 0.25) is 5.89 Å². The third kappa shape index (κ3) is 3.30. The number of aromatic nitrogens is 2. The number of nitrogens with zero attached hydrogens (tertiary/aromatic N) is 2. The first-order valence-corrected chi connectivity index (χ1v) is 9.36. The number of hydrogen-bond donors (Lipinski definition) is 2. The molecule has 3 rings (SSSR count). The summed E-state index contributed by atoms with van der Waals surface area (Å²) in [6.07, 6.45) is 1.33. The Bertz CT molecular complexity index is 1100. The Morgan fingerprint density at radius 2 is 1.96 bits per heavy atom. The van der Waals surface area contributed by atoms with Crippen molar-refractivity contribution in [2.24, 2.45) is 12.8 Å². The second kappa shape index (κ2) is 5.87. The second-order valence-corrected chi connectivity index (χ2v) is 8.78. The number of hydrogen-bond acceptors (Lipinski definition) is 5. The predicted molar refractivity (Wildman–Crippen MR) is 97.4 cm³/mol. The molecule has 0 aliphatic rings. The second-order valence-electron chi connectivity index (χ2n) is 7.09. The monoisotopic (exact) mass is 376 g/mol. The van der Waals surface area contributed by atoms with Crippen molar-refractivity contribution in [3.8, 4) is 0 Å². The number of primary amides is 1. The van der Waals surface area contributed by atoms with E-state index in [1.165, 1.54) is 16.8 Å². The lowest BCUT2D eigenvalue weighted by molar-refractivity contribution is 0.0992. The Labute approximate surface area is 151 Å². The first-order chi connectivity index (χ1) is 12.0. The molecule has 3 aromatic rings. The van der Waals surface area contributed by atoms with E-state index in [4.69, 9.17) is 10.2 Å². The van der Waals surface area contributed by atoms with Crippen LogP contribution in [-0.2, 0) is 22.5 Å². The van der Waals surface area contributed by atoms with E-state index in [9.17, 15) is 13.2 Å².